The van der Waals surface area contributed by atoms with Crippen molar-refractivity contribution in [3.05, 3.63) is 113 Å². The molecule has 0 fully saturated rings. The van der Waals surface area contributed by atoms with E-state index < -0.39 is 15.8 Å². The maximum atomic E-state index is 13.6. The van der Waals surface area contributed by atoms with E-state index >= 15 is 0 Å². The van der Waals surface area contributed by atoms with Gasteiger partial charge in [-0.2, -0.15) is 0 Å². The number of allylic oxidation sites excluding steroid dienone is 1. The highest BCUT2D eigenvalue weighted by molar-refractivity contribution is 7.95. The first kappa shape index (κ1) is 20.1. The molecule has 1 aliphatic heterocycles. The van der Waals surface area contributed by atoms with Crippen LogP contribution in [0.2, 0.25) is 0 Å². The molecule has 3 aromatic carbocycles. The van der Waals surface area contributed by atoms with Crippen LogP contribution in [-0.2, 0) is 21.2 Å². The fraction of sp³-hybridized carbons (Fsp3) is 0.160. The van der Waals surface area contributed by atoms with Crippen LogP contribution in [0.1, 0.15) is 29.0 Å². The summed E-state index contributed by atoms with van der Waals surface area (Å²) in [6.07, 6.45) is 1.65. The van der Waals surface area contributed by atoms with Gasteiger partial charge in [-0.1, -0.05) is 78.4 Å². The van der Waals surface area contributed by atoms with E-state index in [1.165, 1.54) is 11.1 Å². The molecule has 4 rings (SSSR count). The second-order valence-electron chi connectivity index (χ2n) is 7.52. The number of aryl methyl sites for hydroxylation is 1. The molecule has 30 heavy (non-hydrogen) atoms. The summed E-state index contributed by atoms with van der Waals surface area (Å²) in [7, 11) is -3.76. The molecule has 0 aliphatic carbocycles. The topological polar surface area (TPSA) is 54.5 Å². The maximum absolute atomic E-state index is 13.6. The van der Waals surface area contributed by atoms with Crippen molar-refractivity contribution in [2.75, 3.05) is 0 Å². The minimum absolute atomic E-state index is 0.0874. The number of sulfone groups is 1. The molecule has 0 spiro atoms. The Morgan fingerprint density at radius 2 is 1.47 bits per heavy atom. The predicted octanol–water partition coefficient (Wildman–Crippen LogP) is 4.83. The van der Waals surface area contributed by atoms with Crippen molar-refractivity contribution < 1.29 is 13.2 Å². The number of carbonyl (C=O) groups is 1. The minimum atomic E-state index is -3.76. The van der Waals surface area contributed by atoms with E-state index in [-0.39, 0.29) is 22.1 Å². The number of rotatable bonds is 5. The maximum Gasteiger partial charge on any atom is 0.227 e. The van der Waals surface area contributed by atoms with Crippen molar-refractivity contribution in [3.63, 3.8) is 0 Å². The zero-order chi connectivity index (χ0) is 21.1. The molecule has 1 amide bonds. The Morgan fingerprint density at radius 1 is 0.867 bits per heavy atom. The molecular weight excluding hydrogens is 394 g/mol. The van der Waals surface area contributed by atoms with Crippen LogP contribution in [0.25, 0.3) is 0 Å². The van der Waals surface area contributed by atoms with Crippen LogP contribution in [0.4, 0.5) is 0 Å². The Morgan fingerprint density at radius 3 is 2.10 bits per heavy atom. The lowest BCUT2D eigenvalue weighted by molar-refractivity contribution is -0.130. The number of hydrogen-bond donors (Lipinski definition) is 0. The Balaban J connectivity index is 1.80. The van der Waals surface area contributed by atoms with Crippen molar-refractivity contribution in [2.24, 2.45) is 0 Å². The third-order valence-corrected chi connectivity index (χ3v) is 7.27. The SMILES string of the molecule is Cc1ccc(S(=O)(=O)C2=CN(Cc3ccccc3)C(=O)CC2c2ccccc2)cc1. The molecule has 5 heteroatoms. The number of benzene rings is 3. The molecule has 0 radical (unpaired) electrons. The fourth-order valence-corrected chi connectivity index (χ4v) is 5.33. The van der Waals surface area contributed by atoms with Gasteiger partial charge in [-0.05, 0) is 30.2 Å². The van der Waals surface area contributed by atoms with Crippen LogP contribution < -0.4 is 0 Å². The zero-order valence-corrected chi connectivity index (χ0v) is 17.5. The van der Waals surface area contributed by atoms with E-state index in [1.54, 1.807) is 24.3 Å². The van der Waals surface area contributed by atoms with Crippen LogP contribution >= 0.6 is 0 Å². The molecule has 1 atom stereocenters. The van der Waals surface area contributed by atoms with E-state index in [2.05, 4.69) is 0 Å². The number of nitrogens with zero attached hydrogens (tertiary/aromatic N) is 1. The highest BCUT2D eigenvalue weighted by Gasteiger charge is 2.36. The molecule has 1 aliphatic rings. The van der Waals surface area contributed by atoms with E-state index in [0.717, 1.165) is 16.7 Å². The monoisotopic (exact) mass is 417 g/mol. The summed E-state index contributed by atoms with van der Waals surface area (Å²) < 4.78 is 27.2. The van der Waals surface area contributed by atoms with Crippen molar-refractivity contribution in [3.8, 4) is 0 Å². The number of hydrogen-bond acceptors (Lipinski definition) is 3. The zero-order valence-electron chi connectivity index (χ0n) is 16.7. The third-order valence-electron chi connectivity index (χ3n) is 5.36. The van der Waals surface area contributed by atoms with E-state index in [0.29, 0.717) is 6.54 Å². The standard InChI is InChI=1S/C25H23NO3S/c1-19-12-14-22(15-13-19)30(28,29)24-18-26(17-20-8-4-2-5-9-20)25(27)16-23(24)21-10-6-3-7-11-21/h2-15,18,23H,16-17H2,1H3. The van der Waals surface area contributed by atoms with Gasteiger partial charge in [0.25, 0.3) is 0 Å². The van der Waals surface area contributed by atoms with Gasteiger partial charge >= 0.3 is 0 Å². The number of amides is 1. The first-order valence-electron chi connectivity index (χ1n) is 9.87. The van der Waals surface area contributed by atoms with Crippen LogP contribution in [0.3, 0.4) is 0 Å². The van der Waals surface area contributed by atoms with Crippen LogP contribution in [-0.4, -0.2) is 19.2 Å². The summed E-state index contributed by atoms with van der Waals surface area (Å²) in [4.78, 5) is 14.9. The molecular formula is C25H23NO3S. The van der Waals surface area contributed by atoms with Crippen LogP contribution in [0.15, 0.2) is 101 Å². The minimum Gasteiger partial charge on any atom is -0.314 e. The van der Waals surface area contributed by atoms with Crippen LogP contribution in [0, 0.1) is 6.92 Å². The van der Waals surface area contributed by atoms with E-state index in [9.17, 15) is 13.2 Å². The van der Waals surface area contributed by atoms with Gasteiger partial charge < -0.3 is 4.90 Å². The third kappa shape index (κ3) is 4.07. The summed E-state index contributed by atoms with van der Waals surface area (Å²) in [5, 5.41) is 0. The summed E-state index contributed by atoms with van der Waals surface area (Å²) in [6, 6.07) is 25.8. The van der Waals surface area contributed by atoms with Gasteiger partial charge in [0.2, 0.25) is 15.7 Å². The molecule has 0 N–H and O–H groups in total. The van der Waals surface area contributed by atoms with Gasteiger partial charge in [0.1, 0.15) is 0 Å². The molecule has 3 aromatic rings. The smallest absolute Gasteiger partial charge is 0.227 e. The Kier molecular flexibility index (Phi) is 5.55. The van der Waals surface area contributed by atoms with Crippen molar-refractivity contribution in [1.82, 2.24) is 4.90 Å². The van der Waals surface area contributed by atoms with Crippen molar-refractivity contribution in [1.29, 1.82) is 0 Å². The summed E-state index contributed by atoms with van der Waals surface area (Å²) in [5.74, 6) is -0.590. The largest absolute Gasteiger partial charge is 0.314 e. The van der Waals surface area contributed by atoms with Crippen molar-refractivity contribution >= 4 is 15.7 Å². The molecule has 0 saturated heterocycles. The van der Waals surface area contributed by atoms with Crippen molar-refractivity contribution in [2.45, 2.75) is 30.7 Å². The highest BCUT2D eigenvalue weighted by atomic mass is 32.2. The second-order valence-corrected chi connectivity index (χ2v) is 9.47. The first-order chi connectivity index (χ1) is 14.4. The fourth-order valence-electron chi connectivity index (χ4n) is 3.70. The number of carbonyl (C=O) groups excluding carboxylic acids is 1. The highest BCUT2D eigenvalue weighted by Crippen LogP contribution is 2.39. The lowest BCUT2D eigenvalue weighted by Gasteiger charge is -2.31. The molecule has 0 bridgehead atoms. The van der Waals surface area contributed by atoms with E-state index in [1.807, 2.05) is 67.6 Å². The van der Waals surface area contributed by atoms with Gasteiger partial charge in [-0.3, -0.25) is 4.79 Å². The summed E-state index contributed by atoms with van der Waals surface area (Å²) in [6.45, 7) is 2.26. The predicted molar refractivity (Wildman–Crippen MR) is 117 cm³/mol. The Bertz CT molecular complexity index is 1170. The van der Waals surface area contributed by atoms with Crippen LogP contribution in [0.5, 0.6) is 0 Å². The van der Waals surface area contributed by atoms with Gasteiger partial charge in [-0.15, -0.1) is 0 Å². The second kappa shape index (κ2) is 8.28. The Labute approximate surface area is 177 Å². The first-order valence-corrected chi connectivity index (χ1v) is 11.4. The quantitative estimate of drug-likeness (QED) is 0.598. The molecule has 152 valence electrons. The average Bonchev–Trinajstić information content (AvgIpc) is 2.76. The lowest BCUT2D eigenvalue weighted by atomic mass is 9.92. The van der Waals surface area contributed by atoms with Gasteiger partial charge in [0.05, 0.1) is 16.3 Å². The van der Waals surface area contributed by atoms with Gasteiger partial charge in [-0.25, -0.2) is 8.42 Å². The molecule has 4 nitrogen and oxygen atoms in total. The lowest BCUT2D eigenvalue weighted by Crippen LogP contribution is -2.34. The Hall–Kier alpha value is -3.18. The normalized spacial score (nSPS) is 17.0. The average molecular weight is 418 g/mol. The summed E-state index contributed by atoms with van der Waals surface area (Å²) >= 11 is 0. The molecule has 1 unspecified atom stereocenters. The van der Waals surface area contributed by atoms with E-state index in [4.69, 9.17) is 0 Å². The molecule has 1 heterocycles. The van der Waals surface area contributed by atoms with Gasteiger partial charge in [0.15, 0.2) is 0 Å². The molecule has 0 saturated carbocycles. The molecule has 0 aromatic heterocycles. The van der Waals surface area contributed by atoms with Gasteiger partial charge in [0, 0.05) is 18.5 Å². The summed E-state index contributed by atoms with van der Waals surface area (Å²) in [5.41, 5.74) is 2.77.